The fourth-order valence-electron chi connectivity index (χ4n) is 2.64. The Hall–Kier alpha value is -1.02. The van der Waals surface area contributed by atoms with Crippen molar-refractivity contribution in [2.24, 2.45) is 0 Å². The third-order valence-electron chi connectivity index (χ3n) is 3.63. The molecule has 0 amide bonds. The minimum absolute atomic E-state index is 0.399. The molecule has 1 atom stereocenters. The van der Waals surface area contributed by atoms with Gasteiger partial charge in [0.05, 0.1) is 6.10 Å². The molecule has 0 aliphatic heterocycles. The second-order valence-corrected chi connectivity index (χ2v) is 5.10. The summed E-state index contributed by atoms with van der Waals surface area (Å²) in [5, 5.41) is 13.4. The van der Waals surface area contributed by atoms with Crippen LogP contribution in [0.4, 0.5) is 5.69 Å². The van der Waals surface area contributed by atoms with Crippen molar-refractivity contribution in [1.29, 1.82) is 0 Å². The maximum absolute atomic E-state index is 9.75. The molecule has 1 aliphatic rings. The number of rotatable bonds is 3. The molecule has 0 bridgehead atoms. The van der Waals surface area contributed by atoms with Gasteiger partial charge in [0.2, 0.25) is 0 Å². The minimum atomic E-state index is -0.399. The molecule has 1 saturated carbocycles. The summed E-state index contributed by atoms with van der Waals surface area (Å²) in [5.74, 6) is 0. The standard InChI is InChI=1S/C15H23NO/c1-12(17)14-10-6-7-11-15(14)16-13-8-4-2-3-5-9-13/h6-7,10-13,16-17H,2-5,8-9H2,1H3. The summed E-state index contributed by atoms with van der Waals surface area (Å²) in [5.41, 5.74) is 2.12. The Morgan fingerprint density at radius 2 is 1.76 bits per heavy atom. The van der Waals surface area contributed by atoms with Crippen molar-refractivity contribution >= 4 is 5.69 Å². The lowest BCUT2D eigenvalue weighted by atomic mass is 10.0. The van der Waals surface area contributed by atoms with Gasteiger partial charge in [-0.3, -0.25) is 0 Å². The van der Waals surface area contributed by atoms with Crippen molar-refractivity contribution < 1.29 is 5.11 Å². The van der Waals surface area contributed by atoms with Gasteiger partial charge in [0.15, 0.2) is 0 Å². The van der Waals surface area contributed by atoms with Gasteiger partial charge in [-0.05, 0) is 25.8 Å². The number of hydrogen-bond acceptors (Lipinski definition) is 2. The van der Waals surface area contributed by atoms with Gasteiger partial charge >= 0.3 is 0 Å². The molecule has 1 aromatic rings. The maximum Gasteiger partial charge on any atom is 0.0781 e. The van der Waals surface area contributed by atoms with Gasteiger partial charge in [0.1, 0.15) is 0 Å². The lowest BCUT2D eigenvalue weighted by Gasteiger charge is -2.21. The Morgan fingerprint density at radius 3 is 2.41 bits per heavy atom. The zero-order valence-corrected chi connectivity index (χ0v) is 10.7. The third-order valence-corrected chi connectivity index (χ3v) is 3.63. The van der Waals surface area contributed by atoms with Crippen LogP contribution in [0, 0.1) is 0 Å². The Kier molecular flexibility index (Phi) is 4.43. The highest BCUT2D eigenvalue weighted by Gasteiger charge is 2.14. The monoisotopic (exact) mass is 233 g/mol. The van der Waals surface area contributed by atoms with Crippen molar-refractivity contribution in [1.82, 2.24) is 0 Å². The lowest BCUT2D eigenvalue weighted by Crippen LogP contribution is -2.19. The van der Waals surface area contributed by atoms with Crippen molar-refractivity contribution in [3.05, 3.63) is 29.8 Å². The van der Waals surface area contributed by atoms with Crippen molar-refractivity contribution in [3.8, 4) is 0 Å². The van der Waals surface area contributed by atoms with E-state index < -0.39 is 6.10 Å². The molecule has 2 nitrogen and oxygen atoms in total. The largest absolute Gasteiger partial charge is 0.389 e. The number of aliphatic hydroxyl groups excluding tert-OH is 1. The van der Waals surface area contributed by atoms with Crippen LogP contribution in [-0.2, 0) is 0 Å². The molecule has 1 aromatic carbocycles. The van der Waals surface area contributed by atoms with Crippen LogP contribution >= 0.6 is 0 Å². The summed E-state index contributed by atoms with van der Waals surface area (Å²) in [6.07, 6.45) is 7.52. The Morgan fingerprint density at radius 1 is 1.12 bits per heavy atom. The van der Waals surface area contributed by atoms with Gasteiger partial charge in [0, 0.05) is 17.3 Å². The summed E-state index contributed by atoms with van der Waals surface area (Å²) >= 11 is 0. The third kappa shape index (κ3) is 3.47. The van der Waals surface area contributed by atoms with E-state index >= 15 is 0 Å². The number of hydrogen-bond donors (Lipinski definition) is 2. The first-order valence-corrected chi connectivity index (χ1v) is 6.81. The molecule has 0 aromatic heterocycles. The Bertz CT molecular complexity index is 341. The Balaban J connectivity index is 2.06. The zero-order chi connectivity index (χ0) is 12.1. The predicted octanol–water partition coefficient (Wildman–Crippen LogP) is 3.87. The number of anilines is 1. The molecule has 2 N–H and O–H groups in total. The van der Waals surface area contributed by atoms with Crippen molar-refractivity contribution in [2.75, 3.05) is 5.32 Å². The summed E-state index contributed by atoms with van der Waals surface area (Å²) in [7, 11) is 0. The molecule has 1 aliphatic carbocycles. The SMILES string of the molecule is CC(O)c1ccccc1NC1CCCCCC1. The molecule has 94 valence electrons. The van der Waals surface area contributed by atoms with Crippen molar-refractivity contribution in [2.45, 2.75) is 57.6 Å². The summed E-state index contributed by atoms with van der Waals surface area (Å²) in [6.45, 7) is 1.83. The van der Waals surface area contributed by atoms with Crippen LogP contribution in [0.3, 0.4) is 0 Å². The Labute approximate surface area is 104 Å². The topological polar surface area (TPSA) is 32.3 Å². The smallest absolute Gasteiger partial charge is 0.0781 e. The molecule has 0 radical (unpaired) electrons. The fraction of sp³-hybridized carbons (Fsp3) is 0.600. The summed E-state index contributed by atoms with van der Waals surface area (Å²) < 4.78 is 0. The average Bonchev–Trinajstić information content (AvgIpc) is 2.58. The number of nitrogens with one attached hydrogen (secondary N) is 1. The van der Waals surface area contributed by atoms with Crippen LogP contribution in [-0.4, -0.2) is 11.1 Å². The minimum Gasteiger partial charge on any atom is -0.389 e. The van der Waals surface area contributed by atoms with Crippen LogP contribution in [0.5, 0.6) is 0 Å². The van der Waals surface area contributed by atoms with Crippen molar-refractivity contribution in [3.63, 3.8) is 0 Å². The van der Waals surface area contributed by atoms with Crippen LogP contribution < -0.4 is 5.32 Å². The van der Waals surface area contributed by atoms with E-state index in [0.29, 0.717) is 6.04 Å². The van der Waals surface area contributed by atoms with Crippen LogP contribution in [0.2, 0.25) is 0 Å². The number of aliphatic hydroxyl groups is 1. The van der Waals surface area contributed by atoms with Gasteiger partial charge in [0.25, 0.3) is 0 Å². The van der Waals surface area contributed by atoms with E-state index in [4.69, 9.17) is 0 Å². The van der Waals surface area contributed by atoms with E-state index in [1.807, 2.05) is 25.1 Å². The molecular weight excluding hydrogens is 210 g/mol. The highest BCUT2D eigenvalue weighted by molar-refractivity contribution is 5.52. The quantitative estimate of drug-likeness (QED) is 0.777. The van der Waals surface area contributed by atoms with E-state index in [1.54, 1.807) is 0 Å². The molecule has 0 spiro atoms. The first-order valence-electron chi connectivity index (χ1n) is 6.81. The van der Waals surface area contributed by atoms with Gasteiger partial charge in [-0.2, -0.15) is 0 Å². The van der Waals surface area contributed by atoms with E-state index in [0.717, 1.165) is 11.3 Å². The summed E-state index contributed by atoms with van der Waals surface area (Å²) in [6, 6.07) is 8.68. The lowest BCUT2D eigenvalue weighted by molar-refractivity contribution is 0.200. The van der Waals surface area contributed by atoms with Crippen LogP contribution in [0.25, 0.3) is 0 Å². The normalized spacial score (nSPS) is 19.6. The van der Waals surface area contributed by atoms with Gasteiger partial charge in [-0.15, -0.1) is 0 Å². The maximum atomic E-state index is 9.75. The number of benzene rings is 1. The molecule has 2 heteroatoms. The van der Waals surface area contributed by atoms with E-state index in [-0.39, 0.29) is 0 Å². The first-order chi connectivity index (χ1) is 8.27. The average molecular weight is 233 g/mol. The molecule has 0 heterocycles. The second kappa shape index (κ2) is 6.06. The van der Waals surface area contributed by atoms with Crippen LogP contribution in [0.1, 0.15) is 57.1 Å². The molecule has 0 saturated heterocycles. The first kappa shape index (κ1) is 12.4. The van der Waals surface area contributed by atoms with Gasteiger partial charge < -0.3 is 10.4 Å². The molecule has 1 fully saturated rings. The molecule has 17 heavy (non-hydrogen) atoms. The van der Waals surface area contributed by atoms with Gasteiger partial charge in [-0.25, -0.2) is 0 Å². The second-order valence-electron chi connectivity index (χ2n) is 5.10. The van der Waals surface area contributed by atoms with E-state index in [9.17, 15) is 5.11 Å². The molecular formula is C15H23NO. The number of para-hydroxylation sites is 1. The van der Waals surface area contributed by atoms with Crippen LogP contribution in [0.15, 0.2) is 24.3 Å². The summed E-state index contributed by atoms with van der Waals surface area (Å²) in [4.78, 5) is 0. The predicted molar refractivity (Wildman–Crippen MR) is 72.2 cm³/mol. The highest BCUT2D eigenvalue weighted by atomic mass is 16.3. The van der Waals surface area contributed by atoms with Gasteiger partial charge in [-0.1, -0.05) is 43.9 Å². The molecule has 1 unspecified atom stereocenters. The zero-order valence-electron chi connectivity index (χ0n) is 10.7. The highest BCUT2D eigenvalue weighted by Crippen LogP contribution is 2.26. The van der Waals surface area contributed by atoms with E-state index in [2.05, 4.69) is 11.4 Å². The molecule has 2 rings (SSSR count). The van der Waals surface area contributed by atoms with E-state index in [1.165, 1.54) is 38.5 Å². The fourth-order valence-corrected chi connectivity index (χ4v) is 2.64.